The molecule has 5 rings (SSSR count). The first kappa shape index (κ1) is 24.7. The Morgan fingerprint density at radius 2 is 2.03 bits per heavy atom. The average molecular weight is 499 g/mol. The molecule has 1 fully saturated rings. The number of carbonyl (C=O) groups is 2. The fourth-order valence-corrected chi connectivity index (χ4v) is 4.99. The quantitative estimate of drug-likeness (QED) is 0.465. The zero-order valence-electron chi connectivity index (χ0n) is 21.2. The number of hydrogen-bond donors (Lipinski definition) is 2. The van der Waals surface area contributed by atoms with Gasteiger partial charge in [-0.05, 0) is 55.7 Å². The summed E-state index contributed by atoms with van der Waals surface area (Å²) in [5.41, 5.74) is 3.02. The highest BCUT2D eigenvalue weighted by atomic mass is 16.2. The number of anilines is 1. The summed E-state index contributed by atoms with van der Waals surface area (Å²) < 4.78 is -0.0892. The van der Waals surface area contributed by atoms with Crippen LogP contribution in [-0.2, 0) is 4.79 Å². The summed E-state index contributed by atoms with van der Waals surface area (Å²) in [5, 5.41) is 2.80. The van der Waals surface area contributed by atoms with E-state index in [1.165, 1.54) is 0 Å². The maximum Gasteiger partial charge on any atom is 0.264 e. The number of hydrogen-bond acceptors (Lipinski definition) is 6. The Bertz CT molecular complexity index is 1310. The van der Waals surface area contributed by atoms with Gasteiger partial charge in [0.1, 0.15) is 17.7 Å². The number of amidine groups is 1. The molecule has 0 aliphatic carbocycles. The fourth-order valence-electron chi connectivity index (χ4n) is 4.99. The Morgan fingerprint density at radius 1 is 1.22 bits per heavy atom. The van der Waals surface area contributed by atoms with Crippen molar-refractivity contribution in [1.82, 2.24) is 9.88 Å². The highest BCUT2D eigenvalue weighted by Gasteiger charge is 2.46. The predicted octanol–water partition coefficient (Wildman–Crippen LogP) is 3.84. The van der Waals surface area contributed by atoms with Crippen molar-refractivity contribution in [1.29, 1.82) is 0 Å². The van der Waals surface area contributed by atoms with Crippen molar-refractivity contribution in [2.24, 2.45) is 27.7 Å². The van der Waals surface area contributed by atoms with Crippen LogP contribution in [0.3, 0.4) is 0 Å². The van der Waals surface area contributed by atoms with E-state index < -0.39 is 0 Å². The van der Waals surface area contributed by atoms with E-state index in [-0.39, 0.29) is 28.2 Å². The van der Waals surface area contributed by atoms with Gasteiger partial charge in [0, 0.05) is 36.7 Å². The zero-order valence-corrected chi connectivity index (χ0v) is 21.2. The number of nitrogens with two attached hydrogens (primary N) is 1. The van der Waals surface area contributed by atoms with Crippen molar-refractivity contribution in [3.05, 3.63) is 83.6 Å². The average Bonchev–Trinajstić information content (AvgIpc) is 3.25. The van der Waals surface area contributed by atoms with Crippen LogP contribution in [0.25, 0.3) is 0 Å². The Labute approximate surface area is 216 Å². The molecule has 3 aliphatic rings. The molecule has 3 atom stereocenters. The van der Waals surface area contributed by atoms with Gasteiger partial charge in [0.25, 0.3) is 11.7 Å². The number of amides is 2. The summed E-state index contributed by atoms with van der Waals surface area (Å²) in [6, 6.07) is 12.6. The SMILES string of the molecule is CC[C@H](C)C(=O)N1CCC[C@@H](C2=C3C=NC=C[N+]3(N)C(c3ccc(C(=O)Nc4ccccn4)cc3)=N2)C1. The number of nitrogens with zero attached hydrogens (tertiary/aromatic N) is 5. The normalized spacial score (nSPS) is 23.5. The summed E-state index contributed by atoms with van der Waals surface area (Å²) in [5.74, 6) is 8.11. The van der Waals surface area contributed by atoms with Gasteiger partial charge in [0.2, 0.25) is 11.6 Å². The number of nitrogens with one attached hydrogen (secondary N) is 1. The summed E-state index contributed by atoms with van der Waals surface area (Å²) in [4.78, 5) is 41.1. The first-order chi connectivity index (χ1) is 17.9. The second-order valence-electron chi connectivity index (χ2n) is 9.74. The molecule has 3 N–H and O–H groups in total. The summed E-state index contributed by atoms with van der Waals surface area (Å²) in [6.07, 6.45) is 9.58. The molecule has 9 heteroatoms. The van der Waals surface area contributed by atoms with E-state index >= 15 is 0 Å². The number of allylic oxidation sites excluding steroid dienone is 1. The Hall–Kier alpha value is -3.95. The van der Waals surface area contributed by atoms with Gasteiger partial charge in [-0.1, -0.05) is 19.9 Å². The van der Waals surface area contributed by atoms with Crippen LogP contribution in [0.4, 0.5) is 5.82 Å². The van der Waals surface area contributed by atoms with E-state index in [0.717, 1.165) is 42.8 Å². The molecule has 9 nitrogen and oxygen atoms in total. The van der Waals surface area contributed by atoms with Gasteiger partial charge in [-0.15, -0.1) is 4.59 Å². The van der Waals surface area contributed by atoms with Crippen molar-refractivity contribution in [3.63, 3.8) is 0 Å². The molecule has 190 valence electrons. The summed E-state index contributed by atoms with van der Waals surface area (Å²) in [6.45, 7) is 5.43. The third-order valence-corrected chi connectivity index (χ3v) is 7.29. The molecule has 1 aromatic carbocycles. The first-order valence-electron chi connectivity index (χ1n) is 12.7. The second-order valence-corrected chi connectivity index (χ2v) is 9.74. The van der Waals surface area contributed by atoms with Crippen LogP contribution in [0.5, 0.6) is 0 Å². The molecule has 37 heavy (non-hydrogen) atoms. The molecule has 1 aromatic heterocycles. The molecule has 0 saturated carbocycles. The van der Waals surface area contributed by atoms with Crippen LogP contribution < -0.4 is 11.2 Å². The number of fused-ring (bicyclic) bond motifs is 1. The molecule has 0 bridgehead atoms. The third kappa shape index (κ3) is 4.75. The van der Waals surface area contributed by atoms with Gasteiger partial charge < -0.3 is 10.2 Å². The van der Waals surface area contributed by atoms with E-state index in [2.05, 4.69) is 15.3 Å². The Morgan fingerprint density at radius 3 is 2.76 bits per heavy atom. The Kier molecular flexibility index (Phi) is 6.82. The van der Waals surface area contributed by atoms with Crippen molar-refractivity contribution < 1.29 is 14.2 Å². The minimum Gasteiger partial charge on any atom is -0.342 e. The number of aromatic nitrogens is 1. The first-order valence-corrected chi connectivity index (χ1v) is 12.7. The van der Waals surface area contributed by atoms with Gasteiger partial charge in [-0.2, -0.15) is 10.8 Å². The lowest BCUT2D eigenvalue weighted by Crippen LogP contribution is -2.53. The Balaban J connectivity index is 1.40. The minimum atomic E-state index is -0.243. The van der Waals surface area contributed by atoms with Gasteiger partial charge in [-0.25, -0.2) is 4.98 Å². The van der Waals surface area contributed by atoms with E-state index in [1.54, 1.807) is 42.9 Å². The van der Waals surface area contributed by atoms with Crippen LogP contribution in [0.15, 0.2) is 82.4 Å². The van der Waals surface area contributed by atoms with Crippen LogP contribution in [0.2, 0.25) is 0 Å². The van der Waals surface area contributed by atoms with Crippen LogP contribution in [-0.4, -0.2) is 51.4 Å². The molecule has 2 amide bonds. The fraction of sp³-hybridized carbons (Fsp3) is 0.321. The monoisotopic (exact) mass is 498 g/mol. The molecular weight excluding hydrogens is 466 g/mol. The number of aliphatic imine (C=N–C) groups is 2. The lowest BCUT2D eigenvalue weighted by Gasteiger charge is -2.34. The van der Waals surface area contributed by atoms with Crippen molar-refractivity contribution >= 4 is 29.7 Å². The second kappa shape index (κ2) is 10.2. The molecule has 2 aromatic rings. The van der Waals surface area contributed by atoms with Crippen LogP contribution in [0.1, 0.15) is 49.0 Å². The van der Waals surface area contributed by atoms with E-state index in [4.69, 9.17) is 10.8 Å². The molecule has 1 unspecified atom stereocenters. The number of benzene rings is 1. The molecule has 3 aliphatic heterocycles. The van der Waals surface area contributed by atoms with Crippen molar-refractivity contribution in [2.45, 2.75) is 33.1 Å². The molecule has 1 saturated heterocycles. The van der Waals surface area contributed by atoms with Crippen molar-refractivity contribution in [3.8, 4) is 0 Å². The van der Waals surface area contributed by atoms with E-state index in [0.29, 0.717) is 23.8 Å². The highest BCUT2D eigenvalue weighted by Crippen LogP contribution is 2.37. The van der Waals surface area contributed by atoms with Gasteiger partial charge in [-0.3, -0.25) is 14.6 Å². The number of rotatable bonds is 6. The van der Waals surface area contributed by atoms with Gasteiger partial charge in [0.05, 0.1) is 18.0 Å². The maximum atomic E-state index is 12.9. The van der Waals surface area contributed by atoms with Gasteiger partial charge in [0.15, 0.2) is 0 Å². The number of carbonyl (C=O) groups excluding carboxylic acids is 2. The maximum absolute atomic E-state index is 12.9. The van der Waals surface area contributed by atoms with Crippen LogP contribution in [0, 0.1) is 11.8 Å². The molecule has 0 radical (unpaired) electrons. The summed E-state index contributed by atoms with van der Waals surface area (Å²) in [7, 11) is 0. The number of quaternary nitrogens is 1. The topological polar surface area (TPSA) is 113 Å². The number of pyridine rings is 1. The standard InChI is InChI=1S/C28H31N7O2/c1-3-19(2)28(37)34-15-6-7-22(18-34)25-23-17-30-14-16-35(23,29)26(33-25)20-9-11-21(12-10-20)27(36)32-24-8-4-5-13-31-24/h4-5,8-14,16-17,19,22H,3,6-7,15,18,29H2,1-2H3/p+1/t19-,22+,35?/m0/s1. The van der Waals surface area contributed by atoms with E-state index in [9.17, 15) is 9.59 Å². The smallest absolute Gasteiger partial charge is 0.264 e. The third-order valence-electron chi connectivity index (χ3n) is 7.29. The van der Waals surface area contributed by atoms with E-state index in [1.807, 2.05) is 43.1 Å². The largest absolute Gasteiger partial charge is 0.342 e. The predicted molar refractivity (Wildman–Crippen MR) is 143 cm³/mol. The lowest BCUT2D eigenvalue weighted by molar-refractivity contribution is -0.750. The van der Waals surface area contributed by atoms with Gasteiger partial charge >= 0.3 is 0 Å². The van der Waals surface area contributed by atoms with Crippen molar-refractivity contribution in [2.75, 3.05) is 18.4 Å². The molecular formula is C28H32N7O2+. The molecule has 4 heterocycles. The summed E-state index contributed by atoms with van der Waals surface area (Å²) >= 11 is 0. The number of likely N-dealkylation sites (tertiary alicyclic amines) is 1. The zero-order chi connectivity index (χ0) is 26.0. The highest BCUT2D eigenvalue weighted by molar-refractivity contribution is 6.05. The minimum absolute atomic E-state index is 0.0102. The van der Waals surface area contributed by atoms with Crippen LogP contribution >= 0.6 is 0 Å². The number of piperidine rings is 1. The lowest BCUT2D eigenvalue weighted by atomic mass is 9.92. The molecule has 0 spiro atoms.